The van der Waals surface area contributed by atoms with Crippen LogP contribution in [0.4, 0.5) is 0 Å². The molecule has 58 valence electrons. The molecule has 0 spiro atoms. The highest BCUT2D eigenvalue weighted by Gasteiger charge is 2.24. The molecule has 1 aliphatic rings. The van der Waals surface area contributed by atoms with E-state index in [0.717, 1.165) is 12.8 Å². The molecule has 1 heterocycles. The van der Waals surface area contributed by atoms with Crippen molar-refractivity contribution in [2.75, 3.05) is 0 Å². The highest BCUT2D eigenvalue weighted by Crippen LogP contribution is 2.14. The highest BCUT2D eigenvalue weighted by molar-refractivity contribution is 5.81. The fraction of sp³-hybridized carbons (Fsp3) is 0.875. The van der Waals surface area contributed by atoms with Gasteiger partial charge in [-0.25, -0.2) is 0 Å². The van der Waals surface area contributed by atoms with Crippen molar-refractivity contribution in [3.8, 4) is 0 Å². The lowest BCUT2D eigenvalue weighted by atomic mass is 10.1. The largest absolute Gasteiger partial charge is 0.305 e. The van der Waals surface area contributed by atoms with Crippen LogP contribution in [-0.2, 0) is 4.79 Å². The van der Waals surface area contributed by atoms with Gasteiger partial charge in [0.25, 0.3) is 0 Å². The predicted molar refractivity (Wildman–Crippen MR) is 40.9 cm³/mol. The van der Waals surface area contributed by atoms with Crippen molar-refractivity contribution in [2.45, 2.75) is 45.2 Å². The first-order valence-corrected chi connectivity index (χ1v) is 4.00. The van der Waals surface area contributed by atoms with E-state index in [-0.39, 0.29) is 11.8 Å². The molecule has 0 radical (unpaired) electrons. The monoisotopic (exact) mass is 141 g/mol. The number of hydrogen-bond acceptors (Lipinski definition) is 2. The smallest absolute Gasteiger partial charge is 0.146 e. The zero-order valence-electron chi connectivity index (χ0n) is 6.68. The molecule has 2 heteroatoms. The average Bonchev–Trinajstić information content (AvgIpc) is 2.34. The maximum absolute atomic E-state index is 10.8. The Kier molecular flexibility index (Phi) is 2.44. The lowest BCUT2D eigenvalue weighted by Crippen LogP contribution is -2.33. The molecule has 0 aromatic carbocycles. The van der Waals surface area contributed by atoms with Gasteiger partial charge in [0.1, 0.15) is 5.78 Å². The summed E-state index contributed by atoms with van der Waals surface area (Å²) in [7, 11) is 0. The van der Waals surface area contributed by atoms with Gasteiger partial charge in [0.05, 0.1) is 6.04 Å². The van der Waals surface area contributed by atoms with Crippen LogP contribution in [0.2, 0.25) is 0 Å². The number of Topliss-reactive ketones (excluding diaryl/α,β-unsaturated/α-hetero) is 1. The number of nitrogens with one attached hydrogen (secondary N) is 1. The highest BCUT2D eigenvalue weighted by atomic mass is 16.1. The summed E-state index contributed by atoms with van der Waals surface area (Å²) in [5.74, 6) is 0.288. The molecule has 0 aromatic heterocycles. The summed E-state index contributed by atoms with van der Waals surface area (Å²) in [6, 6.07) is 0.749. The molecule has 1 rings (SSSR count). The normalized spacial score (nSPS) is 32.6. The summed E-state index contributed by atoms with van der Waals surface area (Å²) >= 11 is 0. The summed E-state index contributed by atoms with van der Waals surface area (Å²) in [5, 5.41) is 3.29. The van der Waals surface area contributed by atoms with Crippen molar-refractivity contribution >= 4 is 5.78 Å². The molecule has 0 bridgehead atoms. The first-order valence-electron chi connectivity index (χ1n) is 4.00. The van der Waals surface area contributed by atoms with Crippen LogP contribution in [0.3, 0.4) is 0 Å². The van der Waals surface area contributed by atoms with Gasteiger partial charge in [-0.3, -0.25) is 4.79 Å². The van der Waals surface area contributed by atoms with E-state index in [2.05, 4.69) is 12.2 Å². The van der Waals surface area contributed by atoms with Crippen LogP contribution in [0, 0.1) is 0 Å². The lowest BCUT2D eigenvalue weighted by Gasteiger charge is -2.08. The van der Waals surface area contributed by atoms with Crippen molar-refractivity contribution in [3.05, 3.63) is 0 Å². The molecular formula is C8H15NO. The van der Waals surface area contributed by atoms with Crippen LogP contribution in [-0.4, -0.2) is 17.9 Å². The molecule has 0 aliphatic carbocycles. The van der Waals surface area contributed by atoms with E-state index in [1.807, 2.05) is 0 Å². The van der Waals surface area contributed by atoms with Crippen molar-refractivity contribution in [3.63, 3.8) is 0 Å². The Morgan fingerprint density at radius 2 is 2.30 bits per heavy atom. The molecule has 1 aliphatic heterocycles. The zero-order chi connectivity index (χ0) is 7.56. The van der Waals surface area contributed by atoms with Gasteiger partial charge in [-0.2, -0.15) is 0 Å². The van der Waals surface area contributed by atoms with Crippen LogP contribution >= 0.6 is 0 Å². The molecule has 0 amide bonds. The summed E-state index contributed by atoms with van der Waals surface area (Å²) in [5.41, 5.74) is 0. The summed E-state index contributed by atoms with van der Waals surface area (Å²) in [4.78, 5) is 10.8. The Bertz CT molecular complexity index is 133. The van der Waals surface area contributed by atoms with E-state index in [4.69, 9.17) is 0 Å². The van der Waals surface area contributed by atoms with E-state index in [0.29, 0.717) is 6.04 Å². The molecule has 2 nitrogen and oxygen atoms in total. The number of hydrogen-bond donors (Lipinski definition) is 1. The van der Waals surface area contributed by atoms with Gasteiger partial charge in [-0.1, -0.05) is 6.92 Å². The maximum atomic E-state index is 10.8. The number of carbonyl (C=O) groups excluding carboxylic acids is 1. The van der Waals surface area contributed by atoms with Crippen LogP contribution in [0.5, 0.6) is 0 Å². The van der Waals surface area contributed by atoms with E-state index >= 15 is 0 Å². The minimum Gasteiger partial charge on any atom is -0.305 e. The third-order valence-electron chi connectivity index (χ3n) is 2.22. The van der Waals surface area contributed by atoms with Crippen LogP contribution in [0.1, 0.15) is 33.1 Å². The number of ketones is 1. The van der Waals surface area contributed by atoms with Gasteiger partial charge in [0, 0.05) is 6.04 Å². The lowest BCUT2D eigenvalue weighted by molar-refractivity contribution is -0.118. The van der Waals surface area contributed by atoms with Gasteiger partial charge in [0.15, 0.2) is 0 Å². The zero-order valence-corrected chi connectivity index (χ0v) is 6.68. The fourth-order valence-electron chi connectivity index (χ4n) is 1.46. The quantitative estimate of drug-likeness (QED) is 0.624. The van der Waals surface area contributed by atoms with Crippen LogP contribution in [0.15, 0.2) is 0 Å². The third-order valence-corrected chi connectivity index (χ3v) is 2.22. The molecule has 10 heavy (non-hydrogen) atoms. The Hall–Kier alpha value is -0.370. The Morgan fingerprint density at radius 1 is 1.60 bits per heavy atom. The average molecular weight is 141 g/mol. The van der Waals surface area contributed by atoms with Crippen molar-refractivity contribution in [1.82, 2.24) is 5.32 Å². The second-order valence-corrected chi connectivity index (χ2v) is 3.01. The maximum Gasteiger partial charge on any atom is 0.146 e. The Labute approximate surface area is 62.0 Å². The van der Waals surface area contributed by atoms with E-state index < -0.39 is 0 Å². The molecule has 2 atom stereocenters. The van der Waals surface area contributed by atoms with Gasteiger partial charge in [-0.05, 0) is 26.2 Å². The van der Waals surface area contributed by atoms with Crippen LogP contribution < -0.4 is 5.32 Å². The van der Waals surface area contributed by atoms with Crippen LogP contribution in [0.25, 0.3) is 0 Å². The molecule has 1 N–H and O–H groups in total. The van der Waals surface area contributed by atoms with Gasteiger partial charge in [-0.15, -0.1) is 0 Å². The molecule has 1 fully saturated rings. The van der Waals surface area contributed by atoms with Gasteiger partial charge < -0.3 is 5.32 Å². The molecule has 0 aromatic rings. The molecule has 0 saturated carbocycles. The van der Waals surface area contributed by atoms with E-state index in [1.54, 1.807) is 6.92 Å². The Morgan fingerprint density at radius 3 is 2.60 bits per heavy atom. The minimum atomic E-state index is 0.157. The van der Waals surface area contributed by atoms with Gasteiger partial charge >= 0.3 is 0 Å². The summed E-state index contributed by atoms with van der Waals surface area (Å²) in [6.07, 6.45) is 3.35. The summed E-state index contributed by atoms with van der Waals surface area (Å²) < 4.78 is 0. The van der Waals surface area contributed by atoms with E-state index in [9.17, 15) is 4.79 Å². The first kappa shape index (κ1) is 7.73. The minimum absolute atomic E-state index is 0.157. The predicted octanol–water partition coefficient (Wildman–Crippen LogP) is 1.11. The van der Waals surface area contributed by atoms with Crippen molar-refractivity contribution in [1.29, 1.82) is 0 Å². The molecule has 1 saturated heterocycles. The number of carbonyl (C=O) groups is 1. The second kappa shape index (κ2) is 3.15. The first-order chi connectivity index (χ1) is 4.74. The topological polar surface area (TPSA) is 29.1 Å². The molecular weight excluding hydrogens is 126 g/mol. The SMILES string of the molecule is CCC1CCC(C(C)=O)N1. The third kappa shape index (κ3) is 1.57. The van der Waals surface area contributed by atoms with Crippen molar-refractivity contribution in [2.24, 2.45) is 0 Å². The van der Waals surface area contributed by atoms with E-state index in [1.165, 1.54) is 6.42 Å². The summed E-state index contributed by atoms with van der Waals surface area (Å²) in [6.45, 7) is 3.82. The van der Waals surface area contributed by atoms with Gasteiger partial charge in [0.2, 0.25) is 0 Å². The fourth-order valence-corrected chi connectivity index (χ4v) is 1.46. The second-order valence-electron chi connectivity index (χ2n) is 3.01. The molecule has 2 unspecified atom stereocenters. The standard InChI is InChI=1S/C8H15NO/c1-3-7-4-5-8(9-7)6(2)10/h7-9H,3-5H2,1-2H3. The number of rotatable bonds is 2. The van der Waals surface area contributed by atoms with Crippen molar-refractivity contribution < 1.29 is 4.79 Å². The Balaban J connectivity index is 2.35.